The van der Waals surface area contributed by atoms with Crippen LogP contribution in [0.3, 0.4) is 0 Å². The second-order valence-electron chi connectivity index (χ2n) is 8.37. The van der Waals surface area contributed by atoms with E-state index in [0.29, 0.717) is 13.2 Å². The van der Waals surface area contributed by atoms with Gasteiger partial charge in [-0.3, -0.25) is 9.78 Å². The summed E-state index contributed by atoms with van der Waals surface area (Å²) < 4.78 is 6.59. The largest absolute Gasteiger partial charge is 0.370 e. The van der Waals surface area contributed by atoms with Crippen molar-refractivity contribution in [1.82, 2.24) is 20.5 Å². The van der Waals surface area contributed by atoms with E-state index in [-0.39, 0.29) is 23.5 Å². The van der Waals surface area contributed by atoms with Crippen molar-refractivity contribution in [3.63, 3.8) is 0 Å². The van der Waals surface area contributed by atoms with Crippen molar-refractivity contribution in [2.24, 2.45) is 0 Å². The molecule has 1 aliphatic carbocycles. The Morgan fingerprint density at radius 2 is 2.03 bits per heavy atom. The van der Waals surface area contributed by atoms with Crippen molar-refractivity contribution < 1.29 is 9.53 Å². The van der Waals surface area contributed by atoms with Gasteiger partial charge in [-0.2, -0.15) is 0 Å². The van der Waals surface area contributed by atoms with Crippen LogP contribution >= 0.6 is 0 Å². The van der Waals surface area contributed by atoms with Crippen LogP contribution in [-0.2, 0) is 21.6 Å². The number of hydrogen-bond donors (Lipinski definition) is 2. The molecular weight excluding hydrogens is 364 g/mol. The highest BCUT2D eigenvalue weighted by Gasteiger charge is 2.53. The Kier molecular flexibility index (Phi) is 5.94. The average molecular weight is 395 g/mol. The van der Waals surface area contributed by atoms with Crippen LogP contribution in [0, 0.1) is 0 Å². The summed E-state index contributed by atoms with van der Waals surface area (Å²) in [5, 5.41) is 6.77. The van der Waals surface area contributed by atoms with E-state index in [2.05, 4.69) is 39.9 Å². The lowest BCUT2D eigenvalue weighted by molar-refractivity contribution is -0.124. The van der Waals surface area contributed by atoms with Crippen LogP contribution in [-0.4, -0.2) is 55.6 Å². The maximum absolute atomic E-state index is 12.7. The molecule has 154 valence electrons. The first-order valence-electron chi connectivity index (χ1n) is 10.3. The molecule has 2 atom stereocenters. The zero-order valence-electron chi connectivity index (χ0n) is 17.2. The molecule has 29 heavy (non-hydrogen) atoms. The molecule has 1 aromatic heterocycles. The molecule has 4 rings (SSSR count). The van der Waals surface area contributed by atoms with E-state index in [4.69, 9.17) is 4.74 Å². The number of likely N-dealkylation sites (N-methyl/N-ethyl adjacent to an activating group) is 1. The minimum Gasteiger partial charge on any atom is -0.370 e. The number of pyridine rings is 1. The van der Waals surface area contributed by atoms with Gasteiger partial charge in [-0.05, 0) is 62.8 Å². The Bertz CT molecular complexity index is 834. The number of carbonyl (C=O) groups excluding carboxylic acids is 1. The zero-order chi connectivity index (χ0) is 20.3. The molecule has 1 fully saturated rings. The Morgan fingerprint density at radius 3 is 2.76 bits per heavy atom. The molecule has 6 heteroatoms. The van der Waals surface area contributed by atoms with Crippen molar-refractivity contribution in [3.8, 4) is 0 Å². The maximum Gasteiger partial charge on any atom is 0.234 e. The number of fused-ring (bicyclic) bond motifs is 2. The number of nitrogens with zero attached hydrogens (tertiary/aromatic N) is 2. The zero-order valence-corrected chi connectivity index (χ0v) is 17.2. The molecule has 1 saturated heterocycles. The third-order valence-corrected chi connectivity index (χ3v) is 6.10. The molecule has 6 nitrogen and oxygen atoms in total. The molecule has 1 aromatic carbocycles. The Labute approximate surface area is 172 Å². The van der Waals surface area contributed by atoms with E-state index in [1.54, 1.807) is 6.20 Å². The third-order valence-electron chi connectivity index (χ3n) is 6.10. The van der Waals surface area contributed by atoms with Crippen LogP contribution in [0.1, 0.15) is 35.6 Å². The van der Waals surface area contributed by atoms with Crippen LogP contribution < -0.4 is 10.6 Å². The molecule has 2 N–H and O–H groups in total. The molecule has 1 amide bonds. The number of carbonyl (C=O) groups is 1. The smallest absolute Gasteiger partial charge is 0.234 e. The van der Waals surface area contributed by atoms with Crippen molar-refractivity contribution in [2.45, 2.75) is 37.0 Å². The van der Waals surface area contributed by atoms with E-state index in [1.807, 2.05) is 37.3 Å². The van der Waals surface area contributed by atoms with Gasteiger partial charge in [-0.25, -0.2) is 0 Å². The Morgan fingerprint density at radius 1 is 1.24 bits per heavy atom. The van der Waals surface area contributed by atoms with E-state index in [1.165, 1.54) is 11.1 Å². The monoisotopic (exact) mass is 394 g/mol. The molecule has 2 aromatic rings. The molecule has 0 radical (unpaired) electrons. The average Bonchev–Trinajstić information content (AvgIpc) is 2.96. The van der Waals surface area contributed by atoms with Gasteiger partial charge in [0.05, 0.1) is 25.3 Å². The fraction of sp³-hybridized carbons (Fsp3) is 0.478. The summed E-state index contributed by atoms with van der Waals surface area (Å²) in [6.07, 6.45) is 5.52. The second kappa shape index (κ2) is 8.61. The first-order valence-corrected chi connectivity index (χ1v) is 10.3. The van der Waals surface area contributed by atoms with Crippen LogP contribution in [0.5, 0.6) is 0 Å². The topological polar surface area (TPSA) is 66.5 Å². The standard InChI is InChI=1S/C23H30N4O2/c1-27(2)15-20(28)26-21-18-7-3-4-8-19(18)23(9-12-24-13-10-23)22(21)29-16-17-6-5-11-25-14-17/h3-8,11,14,21-22,24H,9-10,12-13,15-16H2,1-2H3,(H,26,28)/t21-,22+/m0/s1. The number of nitrogens with one attached hydrogen (secondary N) is 2. The summed E-state index contributed by atoms with van der Waals surface area (Å²) in [5.74, 6) is 0.0239. The molecule has 0 saturated carbocycles. The lowest BCUT2D eigenvalue weighted by atomic mass is 9.72. The number of ether oxygens (including phenoxy) is 1. The van der Waals surface area contributed by atoms with Gasteiger partial charge in [-0.1, -0.05) is 30.3 Å². The van der Waals surface area contributed by atoms with Crippen LogP contribution in [0.2, 0.25) is 0 Å². The van der Waals surface area contributed by atoms with Gasteiger partial charge in [0.1, 0.15) is 0 Å². The van der Waals surface area contributed by atoms with Crippen molar-refractivity contribution in [2.75, 3.05) is 33.7 Å². The molecule has 0 bridgehead atoms. The minimum atomic E-state index is -0.145. The predicted molar refractivity (Wildman–Crippen MR) is 112 cm³/mol. The van der Waals surface area contributed by atoms with E-state index in [9.17, 15) is 4.79 Å². The van der Waals surface area contributed by atoms with Gasteiger partial charge in [0.25, 0.3) is 0 Å². The lowest BCUT2D eigenvalue weighted by Crippen LogP contribution is -2.50. The van der Waals surface area contributed by atoms with Crippen molar-refractivity contribution in [1.29, 1.82) is 0 Å². The predicted octanol–water partition coefficient (Wildman–Crippen LogP) is 2.02. The van der Waals surface area contributed by atoms with Crippen LogP contribution in [0.25, 0.3) is 0 Å². The SMILES string of the molecule is CN(C)CC(=O)N[C@H]1c2ccccc2C2(CCNCC2)[C@@H]1OCc1cccnc1. The number of amides is 1. The highest BCUT2D eigenvalue weighted by Crippen LogP contribution is 2.51. The van der Waals surface area contributed by atoms with Gasteiger partial charge in [0, 0.05) is 17.8 Å². The summed E-state index contributed by atoms with van der Waals surface area (Å²) in [5.41, 5.74) is 3.48. The minimum absolute atomic E-state index is 0.0239. The van der Waals surface area contributed by atoms with Gasteiger partial charge in [0.2, 0.25) is 5.91 Å². The van der Waals surface area contributed by atoms with E-state index in [0.717, 1.165) is 31.5 Å². The summed E-state index contributed by atoms with van der Waals surface area (Å²) in [6.45, 7) is 2.77. The summed E-state index contributed by atoms with van der Waals surface area (Å²) in [4.78, 5) is 18.8. The number of rotatable bonds is 6. The number of piperidine rings is 1. The maximum atomic E-state index is 12.7. The van der Waals surface area contributed by atoms with Crippen LogP contribution in [0.4, 0.5) is 0 Å². The Balaban J connectivity index is 1.66. The van der Waals surface area contributed by atoms with Crippen LogP contribution in [0.15, 0.2) is 48.8 Å². The summed E-state index contributed by atoms with van der Waals surface area (Å²) in [6, 6.07) is 12.3. The lowest BCUT2D eigenvalue weighted by Gasteiger charge is -2.41. The van der Waals surface area contributed by atoms with E-state index >= 15 is 0 Å². The van der Waals surface area contributed by atoms with Crippen molar-refractivity contribution in [3.05, 3.63) is 65.5 Å². The molecular formula is C23H30N4O2. The summed E-state index contributed by atoms with van der Waals surface area (Å²) >= 11 is 0. The fourth-order valence-electron chi connectivity index (χ4n) is 4.87. The normalized spacial score (nSPS) is 22.6. The molecule has 1 aliphatic heterocycles. The van der Waals surface area contributed by atoms with Gasteiger partial charge in [-0.15, -0.1) is 0 Å². The Hall–Kier alpha value is -2.28. The quantitative estimate of drug-likeness (QED) is 0.785. The second-order valence-corrected chi connectivity index (χ2v) is 8.37. The number of aromatic nitrogens is 1. The van der Waals surface area contributed by atoms with Gasteiger partial charge >= 0.3 is 0 Å². The van der Waals surface area contributed by atoms with E-state index < -0.39 is 0 Å². The molecule has 0 unspecified atom stereocenters. The van der Waals surface area contributed by atoms with Gasteiger partial charge in [0.15, 0.2) is 0 Å². The fourth-order valence-corrected chi connectivity index (χ4v) is 4.87. The highest BCUT2D eigenvalue weighted by atomic mass is 16.5. The first kappa shape index (κ1) is 20.0. The summed E-state index contributed by atoms with van der Waals surface area (Å²) in [7, 11) is 3.82. The molecule has 2 heterocycles. The molecule has 2 aliphatic rings. The number of benzene rings is 1. The highest BCUT2D eigenvalue weighted by molar-refractivity contribution is 5.79. The molecule has 1 spiro atoms. The first-order chi connectivity index (χ1) is 14.1. The third kappa shape index (κ3) is 4.06. The van der Waals surface area contributed by atoms with Crippen molar-refractivity contribution >= 4 is 5.91 Å². The number of hydrogen-bond acceptors (Lipinski definition) is 5. The van der Waals surface area contributed by atoms with Gasteiger partial charge < -0.3 is 20.3 Å².